The summed E-state index contributed by atoms with van der Waals surface area (Å²) < 4.78 is 6.87. The Morgan fingerprint density at radius 3 is 2.94 bits per heavy atom. The average Bonchev–Trinajstić information content (AvgIpc) is 2.69. The number of aryl methyl sites for hydroxylation is 1. The summed E-state index contributed by atoms with van der Waals surface area (Å²) in [4.78, 5) is 12.0. The van der Waals surface area contributed by atoms with Crippen LogP contribution in [0, 0.1) is 0 Å². The van der Waals surface area contributed by atoms with Crippen molar-refractivity contribution in [1.29, 1.82) is 0 Å². The Balaban J connectivity index is 2.88. The van der Waals surface area contributed by atoms with Gasteiger partial charge in [0.25, 0.3) is 0 Å². The summed E-state index contributed by atoms with van der Waals surface area (Å²) in [6.07, 6.45) is 3.00. The van der Waals surface area contributed by atoms with Crippen molar-refractivity contribution in [3.63, 3.8) is 0 Å². The van der Waals surface area contributed by atoms with E-state index in [1.807, 2.05) is 7.05 Å². The molecule has 5 nitrogen and oxygen atoms in total. The van der Waals surface area contributed by atoms with Crippen molar-refractivity contribution in [1.82, 2.24) is 15.1 Å². The highest BCUT2D eigenvalue weighted by Crippen LogP contribution is 2.19. The summed E-state index contributed by atoms with van der Waals surface area (Å²) in [7, 11) is 3.38. The average molecular weight is 225 g/mol. The molecule has 1 aromatic heterocycles. The van der Waals surface area contributed by atoms with Gasteiger partial charge in [0.2, 0.25) is 0 Å². The Labute approximate surface area is 95.8 Å². The third kappa shape index (κ3) is 2.82. The zero-order chi connectivity index (χ0) is 12.0. The van der Waals surface area contributed by atoms with E-state index in [1.165, 1.54) is 0 Å². The minimum absolute atomic E-state index is 0.0668. The van der Waals surface area contributed by atoms with Gasteiger partial charge in [-0.1, -0.05) is 6.92 Å². The van der Waals surface area contributed by atoms with Crippen molar-refractivity contribution in [2.75, 3.05) is 20.7 Å². The van der Waals surface area contributed by atoms with Gasteiger partial charge in [0.05, 0.1) is 13.3 Å². The van der Waals surface area contributed by atoms with Crippen LogP contribution in [-0.2, 0) is 6.54 Å². The van der Waals surface area contributed by atoms with E-state index in [0.29, 0.717) is 24.4 Å². The van der Waals surface area contributed by atoms with Gasteiger partial charge >= 0.3 is 0 Å². The fourth-order valence-electron chi connectivity index (χ4n) is 1.54. The fourth-order valence-corrected chi connectivity index (χ4v) is 1.54. The maximum absolute atomic E-state index is 12.0. The van der Waals surface area contributed by atoms with Gasteiger partial charge in [-0.3, -0.25) is 9.48 Å². The number of aromatic nitrogens is 2. The van der Waals surface area contributed by atoms with Crippen LogP contribution in [0.25, 0.3) is 0 Å². The predicted octanol–water partition coefficient (Wildman–Crippen LogP) is 1.09. The molecule has 16 heavy (non-hydrogen) atoms. The van der Waals surface area contributed by atoms with E-state index >= 15 is 0 Å². The molecule has 0 radical (unpaired) electrons. The van der Waals surface area contributed by atoms with Crippen LogP contribution in [0.2, 0.25) is 0 Å². The molecule has 5 heteroatoms. The third-order valence-electron chi connectivity index (χ3n) is 2.33. The zero-order valence-electron chi connectivity index (χ0n) is 10.1. The molecule has 1 aromatic rings. The van der Waals surface area contributed by atoms with E-state index in [1.54, 1.807) is 18.0 Å². The van der Waals surface area contributed by atoms with E-state index in [9.17, 15) is 4.79 Å². The molecule has 0 saturated carbocycles. The number of methoxy groups -OCH3 is 1. The summed E-state index contributed by atoms with van der Waals surface area (Å²) in [5.41, 5.74) is 0.583. The highest BCUT2D eigenvalue weighted by atomic mass is 16.5. The fraction of sp³-hybridized carbons (Fsp3) is 0.636. The molecule has 0 spiro atoms. The maximum Gasteiger partial charge on any atom is 0.185 e. The molecule has 0 amide bonds. The lowest BCUT2D eigenvalue weighted by molar-refractivity contribution is 0.0969. The summed E-state index contributed by atoms with van der Waals surface area (Å²) >= 11 is 0. The minimum Gasteiger partial charge on any atom is -0.493 e. The van der Waals surface area contributed by atoms with E-state index in [2.05, 4.69) is 17.3 Å². The predicted molar refractivity (Wildman–Crippen MR) is 61.9 cm³/mol. The molecular weight excluding hydrogens is 206 g/mol. The lowest BCUT2D eigenvalue weighted by Gasteiger charge is -2.07. The lowest BCUT2D eigenvalue weighted by Crippen LogP contribution is -2.17. The van der Waals surface area contributed by atoms with Gasteiger partial charge in [-0.2, -0.15) is 5.10 Å². The Morgan fingerprint density at radius 2 is 2.38 bits per heavy atom. The number of ketones is 1. The molecule has 0 bridgehead atoms. The standard InChI is InChI=1S/C11H19N3O2/c1-4-7-14-11(9(15)5-6-12-2)10(16-3)8-13-14/h8,12H,4-7H2,1-3H3. The van der Waals surface area contributed by atoms with Crippen molar-refractivity contribution >= 4 is 5.78 Å². The highest BCUT2D eigenvalue weighted by Gasteiger charge is 2.18. The van der Waals surface area contributed by atoms with Crippen molar-refractivity contribution in [3.8, 4) is 5.75 Å². The number of carbonyl (C=O) groups is 1. The normalized spacial score (nSPS) is 10.4. The molecule has 1 N–H and O–H groups in total. The number of nitrogens with one attached hydrogen (secondary N) is 1. The van der Waals surface area contributed by atoms with Gasteiger partial charge in [-0.15, -0.1) is 0 Å². The summed E-state index contributed by atoms with van der Waals surface area (Å²) in [5, 5.41) is 7.11. The number of Topliss-reactive ketones (excluding diaryl/α,β-unsaturated/α-hetero) is 1. The number of rotatable bonds is 7. The summed E-state index contributed by atoms with van der Waals surface area (Å²) in [5.74, 6) is 0.631. The number of carbonyl (C=O) groups excluding carboxylic acids is 1. The minimum atomic E-state index is 0.0668. The van der Waals surface area contributed by atoms with Crippen LogP contribution in [0.3, 0.4) is 0 Å². The monoisotopic (exact) mass is 225 g/mol. The Hall–Kier alpha value is -1.36. The molecule has 0 atom stereocenters. The molecule has 0 aliphatic rings. The number of hydrogen-bond acceptors (Lipinski definition) is 4. The van der Waals surface area contributed by atoms with Gasteiger partial charge in [0, 0.05) is 19.5 Å². The van der Waals surface area contributed by atoms with Crippen LogP contribution >= 0.6 is 0 Å². The molecule has 0 fully saturated rings. The van der Waals surface area contributed by atoms with E-state index < -0.39 is 0 Å². The van der Waals surface area contributed by atoms with Gasteiger partial charge in [-0.05, 0) is 13.5 Å². The highest BCUT2D eigenvalue weighted by molar-refractivity contribution is 5.97. The molecular formula is C11H19N3O2. The Bertz CT molecular complexity index is 347. The second-order valence-electron chi connectivity index (χ2n) is 3.56. The molecule has 0 unspecified atom stereocenters. The largest absolute Gasteiger partial charge is 0.493 e. The molecule has 1 heterocycles. The second kappa shape index (κ2) is 6.27. The van der Waals surface area contributed by atoms with Crippen LogP contribution in [-0.4, -0.2) is 36.3 Å². The smallest absolute Gasteiger partial charge is 0.185 e. The quantitative estimate of drug-likeness (QED) is 0.706. The Kier molecular flexibility index (Phi) is 4.98. The van der Waals surface area contributed by atoms with Gasteiger partial charge < -0.3 is 10.1 Å². The summed E-state index contributed by atoms with van der Waals surface area (Å²) in [6, 6.07) is 0. The third-order valence-corrected chi connectivity index (χ3v) is 2.33. The molecule has 0 aliphatic carbocycles. The van der Waals surface area contributed by atoms with Crippen LogP contribution in [0.15, 0.2) is 6.20 Å². The molecule has 0 aliphatic heterocycles. The summed E-state index contributed by atoms with van der Waals surface area (Å²) in [6.45, 7) is 3.46. The topological polar surface area (TPSA) is 56.2 Å². The van der Waals surface area contributed by atoms with Crippen molar-refractivity contribution < 1.29 is 9.53 Å². The number of hydrogen-bond donors (Lipinski definition) is 1. The van der Waals surface area contributed by atoms with Crippen LogP contribution in [0.5, 0.6) is 5.75 Å². The first-order valence-electron chi connectivity index (χ1n) is 5.52. The Morgan fingerprint density at radius 1 is 1.62 bits per heavy atom. The first-order valence-corrected chi connectivity index (χ1v) is 5.52. The zero-order valence-corrected chi connectivity index (χ0v) is 10.1. The van der Waals surface area contributed by atoms with Gasteiger partial charge in [-0.25, -0.2) is 0 Å². The molecule has 1 rings (SSSR count). The number of ether oxygens (including phenoxy) is 1. The molecule has 90 valence electrons. The van der Waals surface area contributed by atoms with Crippen LogP contribution in [0.1, 0.15) is 30.3 Å². The van der Waals surface area contributed by atoms with E-state index in [0.717, 1.165) is 13.0 Å². The van der Waals surface area contributed by atoms with Crippen LogP contribution in [0.4, 0.5) is 0 Å². The van der Waals surface area contributed by atoms with Crippen LogP contribution < -0.4 is 10.1 Å². The molecule has 0 saturated heterocycles. The first-order chi connectivity index (χ1) is 7.74. The number of nitrogens with zero attached hydrogens (tertiary/aromatic N) is 2. The van der Waals surface area contributed by atoms with Gasteiger partial charge in [0.15, 0.2) is 11.5 Å². The lowest BCUT2D eigenvalue weighted by atomic mass is 10.2. The van der Waals surface area contributed by atoms with Crippen molar-refractivity contribution in [2.45, 2.75) is 26.3 Å². The van der Waals surface area contributed by atoms with Crippen molar-refractivity contribution in [3.05, 3.63) is 11.9 Å². The van der Waals surface area contributed by atoms with Gasteiger partial charge in [0.1, 0.15) is 5.69 Å². The maximum atomic E-state index is 12.0. The second-order valence-corrected chi connectivity index (χ2v) is 3.56. The van der Waals surface area contributed by atoms with E-state index in [4.69, 9.17) is 4.74 Å². The van der Waals surface area contributed by atoms with E-state index in [-0.39, 0.29) is 5.78 Å². The molecule has 0 aromatic carbocycles. The SMILES string of the molecule is CCCn1ncc(OC)c1C(=O)CCNC. The first kappa shape index (κ1) is 12.7. The van der Waals surface area contributed by atoms with Crippen molar-refractivity contribution in [2.24, 2.45) is 0 Å².